The van der Waals surface area contributed by atoms with E-state index >= 15 is 0 Å². The van der Waals surface area contributed by atoms with E-state index in [1.54, 1.807) is 13.3 Å². The van der Waals surface area contributed by atoms with E-state index in [1.165, 1.54) is 76.3 Å². The number of rotatable bonds is 10. The van der Waals surface area contributed by atoms with Crippen LogP contribution in [0.15, 0.2) is 14.7 Å². The Morgan fingerprint density at radius 2 is 1.33 bits per heavy atom. The standard InChI is InChI=1S/C13H20N.3C4H9.Sn/c1-11-12(2,3)9-10-13(14-11)7-5-4-6-8-13;3*1-3-4-2;/h9H,4-8H2,1-3H3;3*1,3-4H2,2H3;. The molecule has 2 heteroatoms. The summed E-state index contributed by atoms with van der Waals surface area (Å²) in [6.07, 6.45) is 18.2. The fourth-order valence-electron chi connectivity index (χ4n) is 5.61. The number of hydrogen-bond acceptors (Lipinski definition) is 1. The van der Waals surface area contributed by atoms with Crippen LogP contribution < -0.4 is 0 Å². The van der Waals surface area contributed by atoms with Crippen LogP contribution in [0.1, 0.15) is 112 Å². The van der Waals surface area contributed by atoms with E-state index in [2.05, 4.69) is 47.6 Å². The van der Waals surface area contributed by atoms with Crippen molar-refractivity contribution >= 4 is 24.1 Å². The molecule has 0 radical (unpaired) electrons. The molecule has 1 aliphatic heterocycles. The molecule has 156 valence electrons. The van der Waals surface area contributed by atoms with Gasteiger partial charge in [-0.1, -0.05) is 0 Å². The second-order valence-corrected chi connectivity index (χ2v) is 23.3. The predicted octanol–water partition coefficient (Wildman–Crippen LogP) is 8.50. The van der Waals surface area contributed by atoms with Crippen molar-refractivity contribution in [1.82, 2.24) is 0 Å². The number of unbranched alkanes of at least 4 members (excludes halogenated alkanes) is 3. The summed E-state index contributed by atoms with van der Waals surface area (Å²) in [5.41, 5.74) is 1.79. The van der Waals surface area contributed by atoms with Gasteiger partial charge in [0.2, 0.25) is 0 Å². The Bertz CT molecular complexity index is 501. The van der Waals surface area contributed by atoms with Crippen LogP contribution in [0.5, 0.6) is 0 Å². The topological polar surface area (TPSA) is 12.4 Å². The van der Waals surface area contributed by atoms with E-state index in [1.807, 2.05) is 3.59 Å². The molecule has 0 saturated heterocycles. The molecular weight excluding hydrogens is 433 g/mol. The molecule has 1 saturated carbocycles. The van der Waals surface area contributed by atoms with Gasteiger partial charge in [0.15, 0.2) is 0 Å². The molecule has 1 nitrogen and oxygen atoms in total. The van der Waals surface area contributed by atoms with Crippen LogP contribution in [0, 0.1) is 5.41 Å². The Kier molecular flexibility index (Phi) is 8.96. The van der Waals surface area contributed by atoms with Crippen molar-refractivity contribution in [3.63, 3.8) is 0 Å². The summed E-state index contributed by atoms with van der Waals surface area (Å²) in [5, 5.41) is 0. The van der Waals surface area contributed by atoms with Crippen molar-refractivity contribution in [2.24, 2.45) is 10.4 Å². The molecular formula is C25H47NSn. The van der Waals surface area contributed by atoms with Gasteiger partial charge in [-0.3, -0.25) is 0 Å². The second kappa shape index (κ2) is 10.3. The Labute approximate surface area is 174 Å². The Balaban J connectivity index is 2.55. The summed E-state index contributed by atoms with van der Waals surface area (Å²) >= 11 is -2.44. The fourth-order valence-corrected chi connectivity index (χ4v) is 24.5. The van der Waals surface area contributed by atoms with Crippen molar-refractivity contribution in [3.05, 3.63) is 9.67 Å². The fraction of sp³-hybridized carbons (Fsp3) is 0.880. The molecule has 0 aromatic carbocycles. The third kappa shape index (κ3) is 5.43. The minimum atomic E-state index is -2.44. The monoisotopic (exact) mass is 481 g/mol. The minimum absolute atomic E-state index is 0.171. The molecule has 0 N–H and O–H groups in total. The number of allylic oxidation sites excluding steroid dienone is 1. The normalized spacial score (nSPS) is 21.9. The maximum absolute atomic E-state index is 5.60. The maximum atomic E-state index is 5.60. The first-order valence-corrected chi connectivity index (χ1v) is 19.6. The summed E-state index contributed by atoms with van der Waals surface area (Å²) in [5.74, 6) is 0. The van der Waals surface area contributed by atoms with Crippen molar-refractivity contribution in [2.45, 2.75) is 131 Å². The predicted molar refractivity (Wildman–Crippen MR) is 126 cm³/mol. The van der Waals surface area contributed by atoms with Gasteiger partial charge in [-0.25, -0.2) is 0 Å². The van der Waals surface area contributed by atoms with E-state index in [-0.39, 0.29) is 11.0 Å². The number of dihydropyridines is 1. The molecule has 1 spiro atoms. The van der Waals surface area contributed by atoms with E-state index in [0.717, 1.165) is 0 Å². The van der Waals surface area contributed by atoms with Gasteiger partial charge in [0.25, 0.3) is 0 Å². The van der Waals surface area contributed by atoms with E-state index in [9.17, 15) is 0 Å². The molecule has 1 fully saturated rings. The van der Waals surface area contributed by atoms with Crippen molar-refractivity contribution in [2.75, 3.05) is 0 Å². The molecule has 2 rings (SSSR count). The van der Waals surface area contributed by atoms with E-state index in [0.29, 0.717) is 0 Å². The molecule has 0 atom stereocenters. The molecule has 27 heavy (non-hydrogen) atoms. The van der Waals surface area contributed by atoms with Crippen molar-refractivity contribution < 1.29 is 0 Å². The summed E-state index contributed by atoms with van der Waals surface area (Å²) in [6, 6.07) is 0. The Morgan fingerprint density at radius 1 is 0.852 bits per heavy atom. The molecule has 0 aromatic rings. The summed E-state index contributed by atoms with van der Waals surface area (Å²) in [7, 11) is 0. The molecule has 0 aromatic heterocycles. The molecule has 0 unspecified atom stereocenters. The van der Waals surface area contributed by atoms with Crippen LogP contribution in [0.25, 0.3) is 0 Å². The van der Waals surface area contributed by atoms with E-state index in [4.69, 9.17) is 4.99 Å². The third-order valence-corrected chi connectivity index (χ3v) is 23.8. The molecule has 1 aliphatic carbocycles. The van der Waals surface area contributed by atoms with Gasteiger partial charge >= 0.3 is 175 Å². The molecule has 0 bridgehead atoms. The van der Waals surface area contributed by atoms with Gasteiger partial charge in [-0.15, -0.1) is 0 Å². The Morgan fingerprint density at radius 3 is 1.78 bits per heavy atom. The third-order valence-electron chi connectivity index (χ3n) is 7.60. The zero-order valence-corrected chi connectivity index (χ0v) is 22.3. The van der Waals surface area contributed by atoms with Crippen LogP contribution in [0.4, 0.5) is 0 Å². The van der Waals surface area contributed by atoms with Crippen molar-refractivity contribution in [3.8, 4) is 0 Å². The number of aliphatic imine (C=N–C) groups is 1. The molecule has 2 aliphatic rings. The van der Waals surface area contributed by atoms with Gasteiger partial charge in [-0.2, -0.15) is 0 Å². The average molecular weight is 480 g/mol. The molecule has 1 heterocycles. The van der Waals surface area contributed by atoms with Gasteiger partial charge in [0, 0.05) is 0 Å². The van der Waals surface area contributed by atoms with Crippen LogP contribution >= 0.6 is 0 Å². The summed E-state index contributed by atoms with van der Waals surface area (Å²) in [6.45, 7) is 14.4. The van der Waals surface area contributed by atoms with E-state index < -0.39 is 18.4 Å². The SMILES string of the molecule is CCC[CH2][Sn]([CH2]CCC)([CH2]CCC)[C]1=CC(C)(C)C(C)=NC12CCCCC2. The summed E-state index contributed by atoms with van der Waals surface area (Å²) < 4.78 is 6.75. The number of hydrogen-bond donors (Lipinski definition) is 0. The summed E-state index contributed by atoms with van der Waals surface area (Å²) in [4.78, 5) is 5.60. The van der Waals surface area contributed by atoms with Crippen molar-refractivity contribution in [1.29, 1.82) is 0 Å². The first-order chi connectivity index (χ1) is 12.9. The van der Waals surface area contributed by atoms with Gasteiger partial charge < -0.3 is 0 Å². The average Bonchev–Trinajstić information content (AvgIpc) is 2.66. The Hall–Kier alpha value is 0.209. The van der Waals surface area contributed by atoms with Gasteiger partial charge in [0.05, 0.1) is 0 Å². The molecule has 0 amide bonds. The number of nitrogens with zero attached hydrogens (tertiary/aromatic N) is 1. The zero-order valence-electron chi connectivity index (χ0n) is 19.4. The van der Waals surface area contributed by atoms with Gasteiger partial charge in [0.1, 0.15) is 0 Å². The quantitative estimate of drug-likeness (QED) is 0.278. The first-order valence-electron chi connectivity index (χ1n) is 12.2. The zero-order chi connectivity index (χ0) is 20.0. The van der Waals surface area contributed by atoms with Gasteiger partial charge in [-0.05, 0) is 0 Å². The van der Waals surface area contributed by atoms with Crippen LogP contribution in [0.3, 0.4) is 0 Å². The van der Waals surface area contributed by atoms with Crippen LogP contribution in [-0.2, 0) is 0 Å². The second-order valence-electron chi connectivity index (χ2n) is 10.2. The first kappa shape index (κ1) is 23.5. The van der Waals surface area contributed by atoms with Crippen LogP contribution in [-0.4, -0.2) is 29.6 Å². The van der Waals surface area contributed by atoms with Crippen LogP contribution in [0.2, 0.25) is 13.3 Å².